The molecule has 8 heteroatoms. The summed E-state index contributed by atoms with van der Waals surface area (Å²) in [5.41, 5.74) is 0.314. The van der Waals surface area contributed by atoms with Crippen LogP contribution in [0.15, 0.2) is 12.1 Å². The first kappa shape index (κ1) is 14.1. The molecule has 2 rings (SSSR count). The maximum Gasteiger partial charge on any atom is 0.184 e. The maximum atomic E-state index is 13.8. The Labute approximate surface area is 114 Å². The number of sulfone groups is 1. The van der Waals surface area contributed by atoms with Gasteiger partial charge < -0.3 is 9.55 Å². The van der Waals surface area contributed by atoms with E-state index in [1.54, 1.807) is 0 Å². The van der Waals surface area contributed by atoms with Crippen LogP contribution >= 0.6 is 12.2 Å². The lowest BCUT2D eigenvalue weighted by Gasteiger charge is -2.05. The van der Waals surface area contributed by atoms with Crippen molar-refractivity contribution in [1.29, 1.82) is 0 Å². The van der Waals surface area contributed by atoms with Gasteiger partial charge in [0.25, 0.3) is 0 Å². The van der Waals surface area contributed by atoms with Crippen LogP contribution in [0.25, 0.3) is 11.0 Å². The first-order valence-corrected chi connectivity index (χ1v) is 7.85. The highest BCUT2D eigenvalue weighted by Gasteiger charge is 2.15. The number of aromatic amines is 1. The molecule has 0 atom stereocenters. The summed E-state index contributed by atoms with van der Waals surface area (Å²) in [7, 11) is -3.20. The Bertz CT molecular complexity index is 778. The number of aromatic nitrogens is 2. The molecule has 104 valence electrons. The summed E-state index contributed by atoms with van der Waals surface area (Å²) in [6.45, 7) is 1.53. The van der Waals surface area contributed by atoms with E-state index < -0.39 is 21.5 Å². The molecule has 0 fully saturated rings. The van der Waals surface area contributed by atoms with Crippen molar-refractivity contribution in [3.8, 4) is 0 Å². The molecule has 0 saturated heterocycles. The zero-order chi connectivity index (χ0) is 14.2. The van der Waals surface area contributed by atoms with Crippen LogP contribution < -0.4 is 0 Å². The van der Waals surface area contributed by atoms with Gasteiger partial charge in [-0.25, -0.2) is 17.2 Å². The third-order valence-corrected chi connectivity index (χ3v) is 4.90. The molecule has 0 aliphatic heterocycles. The Morgan fingerprint density at radius 3 is 2.68 bits per heavy atom. The molecular weight excluding hydrogens is 294 g/mol. The first-order valence-electron chi connectivity index (χ1n) is 5.62. The fourth-order valence-corrected chi connectivity index (χ4v) is 2.82. The predicted octanol–water partition coefficient (Wildman–Crippen LogP) is 2.41. The van der Waals surface area contributed by atoms with E-state index in [4.69, 9.17) is 12.2 Å². The molecule has 1 N–H and O–H groups in total. The number of aryl methyl sites for hydroxylation is 1. The van der Waals surface area contributed by atoms with Crippen LogP contribution in [0.4, 0.5) is 8.78 Å². The first-order chi connectivity index (χ1) is 8.85. The van der Waals surface area contributed by atoms with E-state index in [1.807, 2.05) is 0 Å². The Kier molecular flexibility index (Phi) is 3.73. The lowest BCUT2D eigenvalue weighted by Crippen LogP contribution is -2.15. The number of H-pyrrole nitrogens is 1. The molecule has 0 aliphatic rings. The van der Waals surface area contributed by atoms with E-state index >= 15 is 0 Å². The van der Waals surface area contributed by atoms with E-state index in [9.17, 15) is 17.2 Å². The summed E-state index contributed by atoms with van der Waals surface area (Å²) in [4.78, 5) is 2.73. The van der Waals surface area contributed by atoms with Gasteiger partial charge in [-0.05, 0) is 24.4 Å². The van der Waals surface area contributed by atoms with Crippen molar-refractivity contribution in [2.24, 2.45) is 0 Å². The van der Waals surface area contributed by atoms with Gasteiger partial charge in [0.05, 0.1) is 11.3 Å². The largest absolute Gasteiger partial charge is 0.330 e. The molecule has 0 saturated carbocycles. The van der Waals surface area contributed by atoms with Crippen LogP contribution in [0.1, 0.15) is 6.92 Å². The third kappa shape index (κ3) is 2.69. The standard InChI is InChI=1S/C11H12F2N2O2S2/c1-2-19(16,17)6-5-15-10-8(14-11(15)18)4-3-7(12)9(10)13/h3-4H,2,5-6H2,1H3,(H,14,18). The molecule has 19 heavy (non-hydrogen) atoms. The summed E-state index contributed by atoms with van der Waals surface area (Å²) in [5.74, 6) is -2.19. The van der Waals surface area contributed by atoms with Gasteiger partial charge in [0.15, 0.2) is 26.2 Å². The predicted molar refractivity (Wildman–Crippen MR) is 71.4 cm³/mol. The number of hydrogen-bond donors (Lipinski definition) is 1. The van der Waals surface area contributed by atoms with Crippen molar-refractivity contribution in [3.63, 3.8) is 0 Å². The van der Waals surface area contributed by atoms with Crippen LogP contribution in [0.5, 0.6) is 0 Å². The van der Waals surface area contributed by atoms with Gasteiger partial charge in [0.1, 0.15) is 5.52 Å². The normalized spacial score (nSPS) is 12.2. The Balaban J connectivity index is 2.52. The zero-order valence-corrected chi connectivity index (χ0v) is 11.7. The molecule has 0 bridgehead atoms. The monoisotopic (exact) mass is 306 g/mol. The van der Waals surface area contributed by atoms with Crippen molar-refractivity contribution in [2.45, 2.75) is 13.5 Å². The highest BCUT2D eigenvalue weighted by molar-refractivity contribution is 7.91. The number of nitrogens with one attached hydrogen (secondary N) is 1. The molecule has 0 aliphatic carbocycles. The highest BCUT2D eigenvalue weighted by atomic mass is 32.2. The number of fused-ring (bicyclic) bond motifs is 1. The number of halogens is 2. The van der Waals surface area contributed by atoms with Gasteiger partial charge in [-0.3, -0.25) is 0 Å². The van der Waals surface area contributed by atoms with E-state index in [0.717, 1.165) is 6.07 Å². The Morgan fingerprint density at radius 1 is 1.37 bits per heavy atom. The van der Waals surface area contributed by atoms with E-state index in [0.29, 0.717) is 5.52 Å². The zero-order valence-electron chi connectivity index (χ0n) is 10.1. The van der Waals surface area contributed by atoms with Crippen LogP contribution in [-0.2, 0) is 16.4 Å². The number of rotatable bonds is 4. The fraction of sp³-hybridized carbons (Fsp3) is 0.364. The summed E-state index contributed by atoms with van der Waals surface area (Å²) in [6.07, 6.45) is 0. The van der Waals surface area contributed by atoms with Crippen molar-refractivity contribution >= 4 is 33.1 Å². The van der Waals surface area contributed by atoms with Crippen LogP contribution in [-0.4, -0.2) is 29.5 Å². The quantitative estimate of drug-likeness (QED) is 0.883. The molecule has 0 spiro atoms. The minimum Gasteiger partial charge on any atom is -0.330 e. The van der Waals surface area contributed by atoms with Crippen molar-refractivity contribution < 1.29 is 17.2 Å². The summed E-state index contributed by atoms with van der Waals surface area (Å²) < 4.78 is 51.4. The molecule has 1 aromatic heterocycles. The van der Waals surface area contributed by atoms with Gasteiger partial charge >= 0.3 is 0 Å². The minimum atomic E-state index is -3.20. The molecule has 0 unspecified atom stereocenters. The maximum absolute atomic E-state index is 13.8. The average Bonchev–Trinajstić information content (AvgIpc) is 2.68. The lowest BCUT2D eigenvalue weighted by atomic mass is 10.3. The van der Waals surface area contributed by atoms with Gasteiger partial charge in [0.2, 0.25) is 0 Å². The summed E-state index contributed by atoms with van der Waals surface area (Å²) in [5, 5.41) is 0. The van der Waals surface area contributed by atoms with Crippen molar-refractivity contribution in [1.82, 2.24) is 9.55 Å². The Morgan fingerprint density at radius 2 is 2.05 bits per heavy atom. The lowest BCUT2D eigenvalue weighted by molar-refractivity contribution is 0.511. The van der Waals surface area contributed by atoms with E-state index in [2.05, 4.69) is 4.98 Å². The van der Waals surface area contributed by atoms with Crippen LogP contribution in [0.3, 0.4) is 0 Å². The summed E-state index contributed by atoms with van der Waals surface area (Å²) in [6, 6.07) is 2.37. The second-order valence-corrected chi connectivity index (χ2v) is 6.94. The summed E-state index contributed by atoms with van der Waals surface area (Å²) >= 11 is 5.00. The smallest absolute Gasteiger partial charge is 0.184 e. The molecule has 0 radical (unpaired) electrons. The molecular formula is C11H12F2N2O2S2. The number of nitrogens with zero attached hydrogens (tertiary/aromatic N) is 1. The number of hydrogen-bond acceptors (Lipinski definition) is 3. The van der Waals surface area contributed by atoms with E-state index in [-0.39, 0.29) is 28.3 Å². The van der Waals surface area contributed by atoms with Gasteiger partial charge in [-0.1, -0.05) is 6.92 Å². The molecule has 1 aromatic carbocycles. The third-order valence-electron chi connectivity index (χ3n) is 2.89. The van der Waals surface area contributed by atoms with Crippen molar-refractivity contribution in [2.75, 3.05) is 11.5 Å². The number of imidazole rings is 1. The topological polar surface area (TPSA) is 54.9 Å². The SMILES string of the molecule is CCS(=O)(=O)CCn1c(=S)[nH]c2ccc(F)c(F)c21. The van der Waals surface area contributed by atoms with Crippen LogP contribution in [0, 0.1) is 16.4 Å². The molecule has 0 amide bonds. The van der Waals surface area contributed by atoms with Gasteiger partial charge in [-0.2, -0.15) is 0 Å². The van der Waals surface area contributed by atoms with Crippen molar-refractivity contribution in [3.05, 3.63) is 28.5 Å². The molecule has 4 nitrogen and oxygen atoms in total. The second kappa shape index (κ2) is 5.01. The number of benzene rings is 1. The molecule has 2 aromatic rings. The van der Waals surface area contributed by atoms with Gasteiger partial charge in [-0.15, -0.1) is 0 Å². The van der Waals surface area contributed by atoms with E-state index in [1.165, 1.54) is 17.6 Å². The highest BCUT2D eigenvalue weighted by Crippen LogP contribution is 2.20. The minimum absolute atomic E-state index is 0.000476. The van der Waals surface area contributed by atoms with Crippen LogP contribution in [0.2, 0.25) is 0 Å². The second-order valence-electron chi connectivity index (χ2n) is 4.08. The average molecular weight is 306 g/mol. The Hall–Kier alpha value is -1.28. The van der Waals surface area contributed by atoms with Gasteiger partial charge in [0, 0.05) is 12.3 Å². The fourth-order valence-electron chi connectivity index (χ4n) is 1.78. The molecule has 1 heterocycles.